The predicted molar refractivity (Wildman–Crippen MR) is 63.1 cm³/mol. The molecule has 0 aromatic heterocycles. The van der Waals surface area contributed by atoms with Gasteiger partial charge in [0.2, 0.25) is 0 Å². The Kier molecular flexibility index (Phi) is 3.32. The molecule has 0 radical (unpaired) electrons. The fourth-order valence-corrected chi connectivity index (χ4v) is 2.57. The van der Waals surface area contributed by atoms with Crippen molar-refractivity contribution in [1.29, 1.82) is 0 Å². The second-order valence-corrected chi connectivity index (χ2v) is 4.89. The highest BCUT2D eigenvalue weighted by Crippen LogP contribution is 2.36. The second-order valence-electron chi connectivity index (χ2n) is 4.46. The van der Waals surface area contributed by atoms with Crippen molar-refractivity contribution in [3.63, 3.8) is 0 Å². The molecule has 1 fully saturated rings. The molecular weight excluding hydrogens is 208 g/mol. The van der Waals surface area contributed by atoms with Crippen molar-refractivity contribution in [2.75, 3.05) is 0 Å². The van der Waals surface area contributed by atoms with Crippen LogP contribution in [0.2, 0.25) is 5.02 Å². The van der Waals surface area contributed by atoms with Crippen molar-refractivity contribution in [1.82, 2.24) is 0 Å². The van der Waals surface area contributed by atoms with Crippen LogP contribution in [0.15, 0.2) is 24.3 Å². The van der Waals surface area contributed by atoms with Crippen molar-refractivity contribution >= 4 is 11.6 Å². The average Bonchev–Trinajstić information content (AvgIpc) is 2.44. The number of aliphatic hydroxyl groups is 1. The first kappa shape index (κ1) is 11.0. The first-order valence-corrected chi connectivity index (χ1v) is 6.07. The van der Waals surface area contributed by atoms with Gasteiger partial charge in [-0.1, -0.05) is 49.4 Å². The molecule has 2 heteroatoms. The Morgan fingerprint density at radius 2 is 1.73 bits per heavy atom. The zero-order chi connectivity index (χ0) is 10.7. The van der Waals surface area contributed by atoms with Gasteiger partial charge < -0.3 is 5.11 Å². The summed E-state index contributed by atoms with van der Waals surface area (Å²) in [6.45, 7) is 0. The third-order valence-corrected chi connectivity index (χ3v) is 3.53. The molecule has 15 heavy (non-hydrogen) atoms. The summed E-state index contributed by atoms with van der Waals surface area (Å²) in [7, 11) is 0. The highest BCUT2D eigenvalue weighted by Gasteiger charge is 2.29. The molecular formula is C13H17ClO. The van der Waals surface area contributed by atoms with Gasteiger partial charge >= 0.3 is 0 Å². The van der Waals surface area contributed by atoms with Gasteiger partial charge in [-0.3, -0.25) is 0 Å². The van der Waals surface area contributed by atoms with Gasteiger partial charge in [0, 0.05) is 5.02 Å². The van der Waals surface area contributed by atoms with Crippen molar-refractivity contribution in [2.24, 2.45) is 0 Å². The minimum atomic E-state index is -0.637. The molecule has 0 unspecified atom stereocenters. The molecule has 2 rings (SSSR count). The predicted octanol–water partition coefficient (Wildman–Crippen LogP) is 3.88. The zero-order valence-corrected chi connectivity index (χ0v) is 9.63. The molecule has 0 atom stereocenters. The normalized spacial score (nSPS) is 20.9. The molecule has 82 valence electrons. The van der Waals surface area contributed by atoms with E-state index in [1.54, 1.807) is 0 Å². The van der Waals surface area contributed by atoms with Crippen molar-refractivity contribution < 1.29 is 5.11 Å². The third-order valence-electron chi connectivity index (χ3n) is 3.29. The monoisotopic (exact) mass is 224 g/mol. The van der Waals surface area contributed by atoms with Crippen molar-refractivity contribution in [3.05, 3.63) is 34.9 Å². The Hall–Kier alpha value is -0.530. The number of rotatable bonds is 1. The third kappa shape index (κ3) is 2.53. The van der Waals surface area contributed by atoms with E-state index in [4.69, 9.17) is 11.6 Å². The Bertz CT molecular complexity index is 327. The van der Waals surface area contributed by atoms with E-state index in [0.29, 0.717) is 5.02 Å². The lowest BCUT2D eigenvalue weighted by Crippen LogP contribution is -2.24. The van der Waals surface area contributed by atoms with E-state index < -0.39 is 5.60 Å². The van der Waals surface area contributed by atoms with Crippen LogP contribution in [0.4, 0.5) is 0 Å². The quantitative estimate of drug-likeness (QED) is 0.718. The van der Waals surface area contributed by atoms with Crippen LogP contribution in [-0.2, 0) is 5.60 Å². The fourth-order valence-electron chi connectivity index (χ4n) is 2.38. The molecule has 1 aliphatic rings. The van der Waals surface area contributed by atoms with Crippen LogP contribution in [0.25, 0.3) is 0 Å². The van der Waals surface area contributed by atoms with Crippen LogP contribution in [0.3, 0.4) is 0 Å². The van der Waals surface area contributed by atoms with Gasteiger partial charge in [0.05, 0.1) is 5.60 Å². The largest absolute Gasteiger partial charge is 0.385 e. The average molecular weight is 225 g/mol. The number of halogens is 1. The Labute approximate surface area is 96.1 Å². The highest BCUT2D eigenvalue weighted by molar-refractivity contribution is 6.30. The zero-order valence-electron chi connectivity index (χ0n) is 8.88. The summed E-state index contributed by atoms with van der Waals surface area (Å²) in [5.74, 6) is 0. The first-order chi connectivity index (χ1) is 7.21. The minimum Gasteiger partial charge on any atom is -0.385 e. The smallest absolute Gasteiger partial charge is 0.0897 e. The number of benzene rings is 1. The number of hydrogen-bond donors (Lipinski definition) is 1. The van der Waals surface area contributed by atoms with Crippen molar-refractivity contribution in [2.45, 2.75) is 44.1 Å². The van der Waals surface area contributed by atoms with E-state index >= 15 is 0 Å². The summed E-state index contributed by atoms with van der Waals surface area (Å²) >= 11 is 5.96. The molecule has 0 bridgehead atoms. The van der Waals surface area contributed by atoms with Crippen LogP contribution >= 0.6 is 11.6 Å². The van der Waals surface area contributed by atoms with Gasteiger partial charge in [0.15, 0.2) is 0 Å². The summed E-state index contributed by atoms with van der Waals surface area (Å²) in [6.07, 6.45) is 6.44. The first-order valence-electron chi connectivity index (χ1n) is 5.69. The SMILES string of the molecule is OC1(c2cccc(Cl)c2)CCCCCC1. The van der Waals surface area contributed by atoms with Gasteiger partial charge in [-0.05, 0) is 30.5 Å². The maximum atomic E-state index is 10.6. The summed E-state index contributed by atoms with van der Waals surface area (Å²) in [6, 6.07) is 7.65. The van der Waals surface area contributed by atoms with E-state index in [9.17, 15) is 5.11 Å². The second kappa shape index (κ2) is 4.54. The van der Waals surface area contributed by atoms with E-state index in [1.807, 2.05) is 24.3 Å². The molecule has 0 heterocycles. The van der Waals surface area contributed by atoms with Gasteiger partial charge in [0.25, 0.3) is 0 Å². The molecule has 1 aromatic carbocycles. The van der Waals surface area contributed by atoms with Gasteiger partial charge in [-0.15, -0.1) is 0 Å². The topological polar surface area (TPSA) is 20.2 Å². The van der Waals surface area contributed by atoms with Crippen LogP contribution in [0.1, 0.15) is 44.1 Å². The van der Waals surface area contributed by atoms with Gasteiger partial charge in [-0.25, -0.2) is 0 Å². The number of hydrogen-bond acceptors (Lipinski definition) is 1. The fraction of sp³-hybridized carbons (Fsp3) is 0.538. The van der Waals surface area contributed by atoms with E-state index in [2.05, 4.69) is 0 Å². The molecule has 1 aromatic rings. The van der Waals surface area contributed by atoms with E-state index in [0.717, 1.165) is 31.2 Å². The Balaban J connectivity index is 2.26. The molecule has 1 saturated carbocycles. The summed E-state index contributed by atoms with van der Waals surface area (Å²) < 4.78 is 0. The lowest BCUT2D eigenvalue weighted by molar-refractivity contribution is 0.0207. The Morgan fingerprint density at radius 3 is 2.33 bits per heavy atom. The molecule has 1 N–H and O–H groups in total. The lowest BCUT2D eigenvalue weighted by Gasteiger charge is -2.27. The van der Waals surface area contributed by atoms with E-state index in [-0.39, 0.29) is 0 Å². The minimum absolute atomic E-state index is 0.637. The van der Waals surface area contributed by atoms with Crippen LogP contribution < -0.4 is 0 Å². The highest BCUT2D eigenvalue weighted by atomic mass is 35.5. The van der Waals surface area contributed by atoms with Gasteiger partial charge in [-0.2, -0.15) is 0 Å². The summed E-state index contributed by atoms with van der Waals surface area (Å²) in [5.41, 5.74) is 0.346. The maximum Gasteiger partial charge on any atom is 0.0897 e. The van der Waals surface area contributed by atoms with Crippen LogP contribution in [0.5, 0.6) is 0 Å². The van der Waals surface area contributed by atoms with Crippen LogP contribution in [0, 0.1) is 0 Å². The molecule has 0 aliphatic heterocycles. The standard InChI is InChI=1S/C13H17ClO/c14-12-7-5-6-11(10-12)13(15)8-3-1-2-4-9-13/h5-7,10,15H,1-4,8-9H2. The molecule has 0 spiro atoms. The summed E-state index contributed by atoms with van der Waals surface area (Å²) in [5, 5.41) is 11.3. The lowest BCUT2D eigenvalue weighted by atomic mass is 9.87. The van der Waals surface area contributed by atoms with Crippen LogP contribution in [-0.4, -0.2) is 5.11 Å². The molecule has 0 saturated heterocycles. The molecule has 1 nitrogen and oxygen atoms in total. The maximum absolute atomic E-state index is 10.6. The molecule has 0 amide bonds. The summed E-state index contributed by atoms with van der Waals surface area (Å²) in [4.78, 5) is 0. The van der Waals surface area contributed by atoms with Crippen molar-refractivity contribution in [3.8, 4) is 0 Å². The van der Waals surface area contributed by atoms with Gasteiger partial charge in [0.1, 0.15) is 0 Å². The Morgan fingerprint density at radius 1 is 1.07 bits per heavy atom. The van der Waals surface area contributed by atoms with E-state index in [1.165, 1.54) is 12.8 Å². The molecule has 1 aliphatic carbocycles.